The fourth-order valence-electron chi connectivity index (χ4n) is 2.29. The summed E-state index contributed by atoms with van der Waals surface area (Å²) in [5.74, 6) is -0.467. The van der Waals surface area contributed by atoms with E-state index in [1.54, 1.807) is 10.5 Å². The predicted molar refractivity (Wildman–Crippen MR) is 79.1 cm³/mol. The molecule has 21 heavy (non-hydrogen) atoms. The standard InChI is InChI=1S/C15H13N3O3/c1-9-10(7-8-13(19)21-2)16-14-15(20)17-11-5-3-4-6-12(11)18(9)14/h3-8H,1-2H3,(H,17,20). The van der Waals surface area contributed by atoms with Crippen molar-refractivity contribution < 1.29 is 9.53 Å². The fourth-order valence-corrected chi connectivity index (χ4v) is 2.29. The number of imidazole rings is 1. The predicted octanol–water partition coefficient (Wildman–Crippen LogP) is 1.67. The number of nitrogens with zero attached hydrogens (tertiary/aromatic N) is 2. The summed E-state index contributed by atoms with van der Waals surface area (Å²) in [5, 5.41) is 0. The quantitative estimate of drug-likeness (QED) is 0.573. The summed E-state index contributed by atoms with van der Waals surface area (Å²) in [5.41, 5.74) is 2.97. The number of esters is 1. The van der Waals surface area contributed by atoms with E-state index in [9.17, 15) is 9.59 Å². The second-order valence-corrected chi connectivity index (χ2v) is 4.57. The number of aryl methyl sites for hydroxylation is 1. The van der Waals surface area contributed by atoms with Gasteiger partial charge in [-0.15, -0.1) is 0 Å². The van der Waals surface area contributed by atoms with Crippen molar-refractivity contribution in [1.82, 2.24) is 14.4 Å². The van der Waals surface area contributed by atoms with Crippen LogP contribution in [0.15, 0.2) is 35.1 Å². The molecule has 0 saturated carbocycles. The van der Waals surface area contributed by atoms with Crippen LogP contribution in [0.25, 0.3) is 22.8 Å². The minimum atomic E-state index is -0.467. The topological polar surface area (TPSA) is 76.5 Å². The third-order valence-corrected chi connectivity index (χ3v) is 3.32. The molecular formula is C15H13N3O3. The van der Waals surface area contributed by atoms with Crippen LogP contribution >= 0.6 is 0 Å². The summed E-state index contributed by atoms with van der Waals surface area (Å²) in [6.45, 7) is 1.85. The molecule has 0 atom stereocenters. The number of carbonyl (C=O) groups is 1. The Hall–Kier alpha value is -2.89. The Morgan fingerprint density at radius 3 is 2.90 bits per heavy atom. The normalized spacial score (nSPS) is 11.5. The number of methoxy groups -OCH3 is 1. The van der Waals surface area contributed by atoms with Gasteiger partial charge in [-0.2, -0.15) is 0 Å². The molecule has 6 nitrogen and oxygen atoms in total. The van der Waals surface area contributed by atoms with E-state index in [0.29, 0.717) is 11.3 Å². The molecule has 0 spiro atoms. The van der Waals surface area contributed by atoms with Gasteiger partial charge in [-0.1, -0.05) is 12.1 Å². The van der Waals surface area contributed by atoms with Crippen molar-refractivity contribution >= 4 is 28.7 Å². The van der Waals surface area contributed by atoms with Crippen molar-refractivity contribution in [3.05, 3.63) is 52.1 Å². The number of hydrogen-bond acceptors (Lipinski definition) is 4. The van der Waals surface area contributed by atoms with Gasteiger partial charge in [0.1, 0.15) is 0 Å². The molecule has 0 fully saturated rings. The number of aromatic amines is 1. The molecule has 0 saturated heterocycles. The first-order valence-corrected chi connectivity index (χ1v) is 6.38. The van der Waals surface area contributed by atoms with Gasteiger partial charge in [-0.3, -0.25) is 9.20 Å². The van der Waals surface area contributed by atoms with E-state index in [1.807, 2.05) is 31.2 Å². The minimum absolute atomic E-state index is 0.269. The number of rotatable bonds is 2. The summed E-state index contributed by atoms with van der Waals surface area (Å²) < 4.78 is 6.33. The maximum atomic E-state index is 12.1. The molecule has 106 valence electrons. The summed E-state index contributed by atoms with van der Waals surface area (Å²) in [6.07, 6.45) is 2.83. The number of fused-ring (bicyclic) bond motifs is 3. The summed E-state index contributed by atoms with van der Waals surface area (Å²) in [6, 6.07) is 7.48. The Kier molecular flexibility index (Phi) is 3.06. The smallest absolute Gasteiger partial charge is 0.330 e. The van der Waals surface area contributed by atoms with E-state index < -0.39 is 5.97 Å². The highest BCUT2D eigenvalue weighted by atomic mass is 16.5. The van der Waals surface area contributed by atoms with Gasteiger partial charge in [0.15, 0.2) is 0 Å². The molecule has 0 radical (unpaired) electrons. The highest BCUT2D eigenvalue weighted by Crippen LogP contribution is 2.17. The minimum Gasteiger partial charge on any atom is -0.466 e. The van der Waals surface area contributed by atoms with Crippen LogP contribution < -0.4 is 5.56 Å². The van der Waals surface area contributed by atoms with Gasteiger partial charge in [-0.05, 0) is 25.1 Å². The lowest BCUT2D eigenvalue weighted by molar-refractivity contribution is -0.134. The third kappa shape index (κ3) is 2.10. The highest BCUT2D eigenvalue weighted by molar-refractivity contribution is 5.87. The van der Waals surface area contributed by atoms with Crippen LogP contribution in [-0.2, 0) is 9.53 Å². The van der Waals surface area contributed by atoms with Crippen LogP contribution in [0.5, 0.6) is 0 Å². The van der Waals surface area contributed by atoms with Crippen LogP contribution in [0.2, 0.25) is 0 Å². The largest absolute Gasteiger partial charge is 0.466 e. The Balaban J connectivity index is 2.31. The van der Waals surface area contributed by atoms with E-state index in [-0.39, 0.29) is 5.56 Å². The Bertz CT molecular complexity index is 934. The van der Waals surface area contributed by atoms with E-state index in [2.05, 4.69) is 14.7 Å². The molecule has 0 aliphatic heterocycles. The van der Waals surface area contributed by atoms with Gasteiger partial charge >= 0.3 is 5.97 Å². The van der Waals surface area contributed by atoms with Gasteiger partial charge in [0.2, 0.25) is 5.65 Å². The average Bonchev–Trinajstić information content (AvgIpc) is 2.83. The van der Waals surface area contributed by atoms with E-state index in [4.69, 9.17) is 0 Å². The SMILES string of the molecule is COC(=O)C=Cc1nc2c(=O)[nH]c3ccccc3n2c1C. The molecule has 0 amide bonds. The molecule has 3 rings (SSSR count). The summed E-state index contributed by atoms with van der Waals surface area (Å²) in [7, 11) is 1.31. The number of para-hydroxylation sites is 2. The number of hydrogen-bond donors (Lipinski definition) is 1. The Morgan fingerprint density at radius 1 is 1.38 bits per heavy atom. The maximum absolute atomic E-state index is 12.1. The number of carbonyl (C=O) groups excluding carboxylic acids is 1. The van der Waals surface area contributed by atoms with Crippen molar-refractivity contribution in [3.8, 4) is 0 Å². The molecule has 1 N–H and O–H groups in total. The van der Waals surface area contributed by atoms with Crippen LogP contribution in [0.4, 0.5) is 0 Å². The third-order valence-electron chi connectivity index (χ3n) is 3.32. The summed E-state index contributed by atoms with van der Waals surface area (Å²) >= 11 is 0. The highest BCUT2D eigenvalue weighted by Gasteiger charge is 2.12. The molecule has 0 unspecified atom stereocenters. The summed E-state index contributed by atoms with van der Waals surface area (Å²) in [4.78, 5) is 30.4. The number of nitrogens with one attached hydrogen (secondary N) is 1. The second-order valence-electron chi connectivity index (χ2n) is 4.57. The van der Waals surface area contributed by atoms with Crippen LogP contribution in [-0.4, -0.2) is 27.4 Å². The van der Waals surface area contributed by atoms with Crippen molar-refractivity contribution in [2.24, 2.45) is 0 Å². The molecule has 2 aromatic heterocycles. The molecule has 1 aromatic carbocycles. The Labute approximate surface area is 119 Å². The van der Waals surface area contributed by atoms with Gasteiger partial charge in [-0.25, -0.2) is 9.78 Å². The van der Waals surface area contributed by atoms with Crippen LogP contribution in [0.3, 0.4) is 0 Å². The second kappa shape index (κ2) is 4.90. The lowest BCUT2D eigenvalue weighted by atomic mass is 10.3. The zero-order chi connectivity index (χ0) is 15.0. The van der Waals surface area contributed by atoms with Crippen LogP contribution in [0.1, 0.15) is 11.4 Å². The fraction of sp³-hybridized carbons (Fsp3) is 0.133. The number of aromatic nitrogens is 3. The van der Waals surface area contributed by atoms with Gasteiger partial charge in [0, 0.05) is 11.8 Å². The van der Waals surface area contributed by atoms with Crippen molar-refractivity contribution in [2.45, 2.75) is 6.92 Å². The molecule has 0 aliphatic carbocycles. The lowest BCUT2D eigenvalue weighted by Crippen LogP contribution is -2.11. The molecule has 6 heteroatoms. The van der Waals surface area contributed by atoms with Gasteiger partial charge in [0.25, 0.3) is 5.56 Å². The van der Waals surface area contributed by atoms with Gasteiger partial charge in [0.05, 0.1) is 23.8 Å². The monoisotopic (exact) mass is 283 g/mol. The van der Waals surface area contributed by atoms with Crippen molar-refractivity contribution in [2.75, 3.05) is 7.11 Å². The zero-order valence-electron chi connectivity index (χ0n) is 11.6. The van der Waals surface area contributed by atoms with Crippen LogP contribution in [0, 0.1) is 6.92 Å². The molecule has 0 bridgehead atoms. The van der Waals surface area contributed by atoms with Crippen molar-refractivity contribution in [3.63, 3.8) is 0 Å². The maximum Gasteiger partial charge on any atom is 0.330 e. The van der Waals surface area contributed by atoms with E-state index in [0.717, 1.165) is 16.7 Å². The first-order chi connectivity index (χ1) is 10.1. The average molecular weight is 283 g/mol. The first-order valence-electron chi connectivity index (χ1n) is 6.38. The lowest BCUT2D eigenvalue weighted by Gasteiger charge is -2.02. The van der Waals surface area contributed by atoms with Crippen molar-refractivity contribution in [1.29, 1.82) is 0 Å². The van der Waals surface area contributed by atoms with Gasteiger partial charge < -0.3 is 9.72 Å². The number of benzene rings is 1. The molecule has 0 aliphatic rings. The number of H-pyrrole nitrogens is 1. The molecule has 2 heterocycles. The number of ether oxygens (including phenoxy) is 1. The Morgan fingerprint density at radius 2 is 2.14 bits per heavy atom. The molecule has 3 aromatic rings. The zero-order valence-corrected chi connectivity index (χ0v) is 11.6. The van der Waals surface area contributed by atoms with E-state index >= 15 is 0 Å². The first kappa shape index (κ1) is 13.1. The molecular weight excluding hydrogens is 270 g/mol. The van der Waals surface area contributed by atoms with E-state index in [1.165, 1.54) is 13.2 Å².